The Labute approximate surface area is 104 Å². The SMILES string of the molecule is CCCC[Si](C)(O[Si](C)(C)C)C(S)CC. The van der Waals surface area contributed by atoms with E-state index in [1.807, 2.05) is 0 Å². The molecule has 0 saturated heterocycles. The van der Waals surface area contributed by atoms with Crippen molar-refractivity contribution in [2.24, 2.45) is 0 Å². The molecule has 0 bridgehead atoms. The number of hydrogen-bond donors (Lipinski definition) is 1. The third-order valence-electron chi connectivity index (χ3n) is 2.66. The Balaban J connectivity index is 4.54. The van der Waals surface area contributed by atoms with Crippen LogP contribution >= 0.6 is 12.6 Å². The quantitative estimate of drug-likeness (QED) is 0.527. The minimum Gasteiger partial charge on any atom is -0.455 e. The second-order valence-electron chi connectivity index (χ2n) is 5.55. The van der Waals surface area contributed by atoms with Crippen molar-refractivity contribution in [2.45, 2.75) is 70.2 Å². The van der Waals surface area contributed by atoms with Crippen molar-refractivity contribution in [3.8, 4) is 0 Å². The third-order valence-corrected chi connectivity index (χ3v) is 12.1. The Kier molecular flexibility index (Phi) is 6.79. The average molecular weight is 265 g/mol. The lowest BCUT2D eigenvalue weighted by molar-refractivity contribution is 0.526. The predicted octanol–water partition coefficient (Wildman–Crippen LogP) is 4.46. The molecule has 15 heavy (non-hydrogen) atoms. The molecule has 0 radical (unpaired) electrons. The topological polar surface area (TPSA) is 9.23 Å². The summed E-state index contributed by atoms with van der Waals surface area (Å²) in [5, 5.41) is 0. The zero-order chi connectivity index (χ0) is 12.1. The van der Waals surface area contributed by atoms with E-state index in [1.165, 1.54) is 18.9 Å². The molecule has 0 aliphatic carbocycles. The van der Waals surface area contributed by atoms with Crippen molar-refractivity contribution >= 4 is 29.3 Å². The van der Waals surface area contributed by atoms with Gasteiger partial charge in [0.2, 0.25) is 0 Å². The molecular formula is C11H28OSSi2. The molecule has 0 fully saturated rings. The first-order valence-electron chi connectivity index (χ1n) is 6.13. The predicted molar refractivity (Wildman–Crippen MR) is 78.8 cm³/mol. The summed E-state index contributed by atoms with van der Waals surface area (Å²) in [6.45, 7) is 13.7. The Morgan fingerprint density at radius 2 is 1.67 bits per heavy atom. The standard InChI is InChI=1S/C11H28OSSi2/c1-7-9-10-15(6,11(13)8-2)12-14(3,4)5/h11,13H,7-10H2,1-6H3. The fourth-order valence-electron chi connectivity index (χ4n) is 1.94. The highest BCUT2D eigenvalue weighted by molar-refractivity contribution is 7.83. The maximum absolute atomic E-state index is 6.48. The summed E-state index contributed by atoms with van der Waals surface area (Å²) < 4.78 is 6.48. The molecule has 2 atom stereocenters. The highest BCUT2D eigenvalue weighted by Gasteiger charge is 2.38. The fourth-order valence-corrected chi connectivity index (χ4v) is 11.6. The third kappa shape index (κ3) is 6.14. The van der Waals surface area contributed by atoms with E-state index in [2.05, 4.69) is 40.0 Å². The van der Waals surface area contributed by atoms with Gasteiger partial charge in [-0.2, -0.15) is 12.6 Å². The molecule has 0 saturated carbocycles. The highest BCUT2D eigenvalue weighted by atomic mass is 32.1. The molecule has 0 spiro atoms. The first-order chi connectivity index (χ1) is 6.75. The van der Waals surface area contributed by atoms with Crippen molar-refractivity contribution < 1.29 is 4.12 Å². The van der Waals surface area contributed by atoms with Crippen LogP contribution in [-0.2, 0) is 4.12 Å². The van der Waals surface area contributed by atoms with Gasteiger partial charge in [-0.25, -0.2) is 0 Å². The van der Waals surface area contributed by atoms with Crippen molar-refractivity contribution in [1.29, 1.82) is 0 Å². The molecule has 0 rings (SSSR count). The van der Waals surface area contributed by atoms with Crippen LogP contribution in [0.4, 0.5) is 0 Å². The zero-order valence-electron chi connectivity index (χ0n) is 11.3. The van der Waals surface area contributed by atoms with Crippen LogP contribution in [0, 0.1) is 0 Å². The van der Waals surface area contributed by atoms with Gasteiger partial charge in [-0.15, -0.1) is 0 Å². The molecule has 0 N–H and O–H groups in total. The summed E-state index contributed by atoms with van der Waals surface area (Å²) in [4.78, 5) is 0.496. The van der Waals surface area contributed by atoms with Gasteiger partial charge in [0.15, 0.2) is 16.6 Å². The Hall–Kier alpha value is 0.744. The molecule has 0 aliphatic rings. The van der Waals surface area contributed by atoms with E-state index in [4.69, 9.17) is 16.7 Å². The van der Waals surface area contributed by atoms with Crippen LogP contribution in [0.3, 0.4) is 0 Å². The Bertz CT molecular complexity index is 182. The Morgan fingerprint density at radius 1 is 1.13 bits per heavy atom. The summed E-state index contributed by atoms with van der Waals surface area (Å²) in [5.74, 6) is 0. The van der Waals surface area contributed by atoms with Gasteiger partial charge in [-0.1, -0.05) is 26.7 Å². The van der Waals surface area contributed by atoms with Crippen molar-refractivity contribution in [3.63, 3.8) is 0 Å². The molecule has 0 heterocycles. The molecule has 2 unspecified atom stereocenters. The molecule has 0 aromatic rings. The minimum absolute atomic E-state index is 0.496. The summed E-state index contributed by atoms with van der Waals surface area (Å²) in [5.41, 5.74) is 0. The molecule has 0 aromatic heterocycles. The summed E-state index contributed by atoms with van der Waals surface area (Å²) >= 11 is 4.75. The van der Waals surface area contributed by atoms with E-state index in [9.17, 15) is 0 Å². The summed E-state index contributed by atoms with van der Waals surface area (Å²) in [7, 11) is -2.99. The maximum atomic E-state index is 6.48. The lowest BCUT2D eigenvalue weighted by Gasteiger charge is -2.38. The number of unbranched alkanes of at least 4 members (excludes halogenated alkanes) is 1. The summed E-state index contributed by atoms with van der Waals surface area (Å²) in [6, 6.07) is 1.27. The lowest BCUT2D eigenvalue weighted by atomic mass is 10.4. The maximum Gasteiger partial charge on any atom is 0.189 e. The van der Waals surface area contributed by atoms with Gasteiger partial charge in [0, 0.05) is 4.87 Å². The van der Waals surface area contributed by atoms with Gasteiger partial charge in [-0.3, -0.25) is 0 Å². The lowest BCUT2D eigenvalue weighted by Crippen LogP contribution is -2.51. The number of rotatable bonds is 7. The van der Waals surface area contributed by atoms with Crippen LogP contribution in [0.15, 0.2) is 0 Å². The van der Waals surface area contributed by atoms with Crippen LogP contribution in [0.5, 0.6) is 0 Å². The first kappa shape index (κ1) is 15.7. The van der Waals surface area contributed by atoms with E-state index in [1.54, 1.807) is 0 Å². The minimum atomic E-state index is -1.58. The van der Waals surface area contributed by atoms with Crippen molar-refractivity contribution in [2.75, 3.05) is 0 Å². The van der Waals surface area contributed by atoms with Gasteiger partial charge in [-0.05, 0) is 38.7 Å². The molecule has 0 aliphatic heterocycles. The van der Waals surface area contributed by atoms with E-state index in [0.29, 0.717) is 4.87 Å². The van der Waals surface area contributed by atoms with Crippen molar-refractivity contribution in [1.82, 2.24) is 0 Å². The van der Waals surface area contributed by atoms with Crippen LogP contribution in [-0.4, -0.2) is 21.5 Å². The molecule has 0 aromatic carbocycles. The van der Waals surface area contributed by atoms with Gasteiger partial charge in [0.1, 0.15) is 0 Å². The second kappa shape index (κ2) is 6.47. The van der Waals surface area contributed by atoms with E-state index < -0.39 is 16.6 Å². The number of thiol groups is 1. The molecular weight excluding hydrogens is 236 g/mol. The van der Waals surface area contributed by atoms with E-state index in [-0.39, 0.29) is 0 Å². The monoisotopic (exact) mass is 264 g/mol. The smallest absolute Gasteiger partial charge is 0.189 e. The highest BCUT2D eigenvalue weighted by Crippen LogP contribution is 2.28. The van der Waals surface area contributed by atoms with Crippen LogP contribution < -0.4 is 0 Å². The van der Waals surface area contributed by atoms with Gasteiger partial charge >= 0.3 is 0 Å². The molecule has 4 heteroatoms. The first-order valence-corrected chi connectivity index (χ1v) is 12.7. The van der Waals surface area contributed by atoms with Crippen LogP contribution in [0.25, 0.3) is 0 Å². The molecule has 0 amide bonds. The van der Waals surface area contributed by atoms with Crippen LogP contribution in [0.2, 0.25) is 32.2 Å². The van der Waals surface area contributed by atoms with Gasteiger partial charge in [0.05, 0.1) is 0 Å². The zero-order valence-corrected chi connectivity index (χ0v) is 14.2. The largest absolute Gasteiger partial charge is 0.455 e. The summed E-state index contributed by atoms with van der Waals surface area (Å²) in [6.07, 6.45) is 3.70. The fraction of sp³-hybridized carbons (Fsp3) is 1.00. The van der Waals surface area contributed by atoms with Crippen LogP contribution in [0.1, 0.15) is 33.1 Å². The Morgan fingerprint density at radius 3 is 2.00 bits per heavy atom. The van der Waals surface area contributed by atoms with Crippen molar-refractivity contribution in [3.05, 3.63) is 0 Å². The molecule has 1 nitrogen and oxygen atoms in total. The van der Waals surface area contributed by atoms with Gasteiger partial charge in [0.25, 0.3) is 0 Å². The second-order valence-corrected chi connectivity index (χ2v) is 15.5. The van der Waals surface area contributed by atoms with Gasteiger partial charge < -0.3 is 4.12 Å². The normalized spacial score (nSPS) is 18.6. The molecule has 92 valence electrons. The van der Waals surface area contributed by atoms with E-state index >= 15 is 0 Å². The van der Waals surface area contributed by atoms with E-state index in [0.717, 1.165) is 6.42 Å². The number of hydrogen-bond acceptors (Lipinski definition) is 2. The average Bonchev–Trinajstić information content (AvgIpc) is 2.10.